The fourth-order valence-electron chi connectivity index (χ4n) is 2.35. The lowest BCUT2D eigenvalue weighted by Crippen LogP contribution is -2.15. The lowest BCUT2D eigenvalue weighted by molar-refractivity contribution is 0.0603. The molecule has 0 saturated carbocycles. The van der Waals surface area contributed by atoms with Crippen molar-refractivity contribution in [2.24, 2.45) is 0 Å². The molecule has 0 bridgehead atoms. The van der Waals surface area contributed by atoms with E-state index in [1.54, 1.807) is 17.6 Å². The molecule has 8 heteroatoms. The molecule has 6 nitrogen and oxygen atoms in total. The summed E-state index contributed by atoms with van der Waals surface area (Å²) in [6.45, 7) is 0.133. The van der Waals surface area contributed by atoms with Crippen molar-refractivity contribution in [2.75, 3.05) is 12.4 Å². The van der Waals surface area contributed by atoms with Crippen LogP contribution in [0, 0.1) is 0 Å². The molecule has 1 amide bonds. The van der Waals surface area contributed by atoms with Gasteiger partial charge >= 0.3 is 12.1 Å². The van der Waals surface area contributed by atoms with Crippen LogP contribution in [0.15, 0.2) is 58.6 Å². The van der Waals surface area contributed by atoms with Crippen molar-refractivity contribution >= 4 is 45.0 Å². The average Bonchev–Trinajstić information content (AvgIpc) is 3.10. The molecule has 0 atom stereocenters. The highest BCUT2D eigenvalue weighted by molar-refractivity contribution is 9.10. The van der Waals surface area contributed by atoms with Crippen LogP contribution in [0.1, 0.15) is 15.9 Å². The molecule has 0 spiro atoms. The first-order valence-electron chi connectivity index (χ1n) is 7.88. The molecular formula is C19H15BrN2O4S. The number of aromatic nitrogens is 1. The highest BCUT2D eigenvalue weighted by atomic mass is 79.9. The van der Waals surface area contributed by atoms with Gasteiger partial charge in [0.05, 0.1) is 17.7 Å². The van der Waals surface area contributed by atoms with Crippen LogP contribution < -0.4 is 5.32 Å². The quantitative estimate of drug-likeness (QED) is 0.435. The SMILES string of the molecule is COC(=O)c1c(NC(=O)OCc2ccccc2)csc1-c1ccc(Br)nc1. The second-order valence-electron chi connectivity index (χ2n) is 5.40. The molecule has 0 radical (unpaired) electrons. The fourth-order valence-corrected chi connectivity index (χ4v) is 3.56. The number of amides is 1. The van der Waals surface area contributed by atoms with Crippen molar-refractivity contribution in [1.29, 1.82) is 0 Å². The van der Waals surface area contributed by atoms with Crippen LogP contribution in [-0.2, 0) is 16.1 Å². The molecule has 1 N–H and O–H groups in total. The van der Waals surface area contributed by atoms with Gasteiger partial charge in [0.15, 0.2) is 0 Å². The summed E-state index contributed by atoms with van der Waals surface area (Å²) in [5, 5.41) is 4.29. The third kappa shape index (κ3) is 4.72. The summed E-state index contributed by atoms with van der Waals surface area (Å²) in [6, 6.07) is 12.9. The molecule has 2 aromatic heterocycles. The number of esters is 1. The number of nitrogens with one attached hydrogen (secondary N) is 1. The number of hydrogen-bond acceptors (Lipinski definition) is 6. The minimum absolute atomic E-state index is 0.133. The molecule has 0 aliphatic heterocycles. The van der Waals surface area contributed by atoms with Gasteiger partial charge in [-0.05, 0) is 33.6 Å². The number of benzene rings is 1. The maximum absolute atomic E-state index is 12.3. The van der Waals surface area contributed by atoms with Crippen LogP contribution in [-0.4, -0.2) is 24.2 Å². The molecule has 1 aromatic carbocycles. The maximum Gasteiger partial charge on any atom is 0.412 e. The van der Waals surface area contributed by atoms with Gasteiger partial charge in [0.25, 0.3) is 0 Å². The average molecular weight is 447 g/mol. The third-order valence-corrected chi connectivity index (χ3v) is 5.12. The Kier molecular flexibility index (Phi) is 6.20. The predicted octanol–water partition coefficient (Wildman–Crippen LogP) is 5.11. The van der Waals surface area contributed by atoms with Gasteiger partial charge in [-0.15, -0.1) is 11.3 Å². The van der Waals surface area contributed by atoms with Crippen molar-refractivity contribution in [2.45, 2.75) is 6.61 Å². The van der Waals surface area contributed by atoms with Gasteiger partial charge in [0, 0.05) is 17.1 Å². The summed E-state index contributed by atoms with van der Waals surface area (Å²) in [7, 11) is 1.29. The molecule has 0 aliphatic carbocycles. The Morgan fingerprint density at radius 1 is 1.19 bits per heavy atom. The number of rotatable bonds is 5. The van der Waals surface area contributed by atoms with E-state index in [0.717, 1.165) is 11.1 Å². The molecule has 0 aliphatic rings. The standard InChI is InChI=1S/C19H15BrN2O4S/c1-25-18(23)16-14(11-27-17(16)13-7-8-15(20)21-9-13)22-19(24)26-10-12-5-3-2-4-6-12/h2-9,11H,10H2,1H3,(H,22,24). The number of ether oxygens (including phenoxy) is 2. The predicted molar refractivity (Wildman–Crippen MR) is 107 cm³/mol. The Morgan fingerprint density at radius 3 is 2.63 bits per heavy atom. The molecular weight excluding hydrogens is 432 g/mol. The Hall–Kier alpha value is -2.71. The molecule has 27 heavy (non-hydrogen) atoms. The lowest BCUT2D eigenvalue weighted by atomic mass is 10.1. The minimum atomic E-state index is -0.651. The number of thiophene rings is 1. The summed E-state index contributed by atoms with van der Waals surface area (Å²) >= 11 is 4.59. The van der Waals surface area contributed by atoms with Crippen LogP contribution in [0.2, 0.25) is 0 Å². The van der Waals surface area contributed by atoms with Crippen molar-refractivity contribution in [3.8, 4) is 10.4 Å². The molecule has 3 aromatic rings. The number of methoxy groups -OCH3 is 1. The van der Waals surface area contributed by atoms with Crippen molar-refractivity contribution < 1.29 is 19.1 Å². The van der Waals surface area contributed by atoms with Crippen molar-refractivity contribution in [3.05, 3.63) is 69.8 Å². The van der Waals surface area contributed by atoms with Crippen LogP contribution in [0.3, 0.4) is 0 Å². The summed E-state index contributed by atoms with van der Waals surface area (Å²) < 4.78 is 10.8. The maximum atomic E-state index is 12.3. The van der Waals surface area contributed by atoms with Crippen LogP contribution in [0.5, 0.6) is 0 Å². The summed E-state index contributed by atoms with van der Waals surface area (Å²) in [4.78, 5) is 29.2. The zero-order valence-electron chi connectivity index (χ0n) is 14.3. The van der Waals surface area contributed by atoms with E-state index in [0.29, 0.717) is 15.2 Å². The highest BCUT2D eigenvalue weighted by Crippen LogP contribution is 2.36. The Labute approximate surface area is 168 Å². The van der Waals surface area contributed by atoms with Crippen LogP contribution in [0.4, 0.5) is 10.5 Å². The van der Waals surface area contributed by atoms with Gasteiger partial charge in [0.1, 0.15) is 16.8 Å². The normalized spacial score (nSPS) is 10.3. The monoisotopic (exact) mass is 446 g/mol. The Bertz CT molecular complexity index is 942. The van der Waals surface area contributed by atoms with Gasteiger partial charge < -0.3 is 9.47 Å². The number of pyridine rings is 1. The largest absolute Gasteiger partial charge is 0.465 e. The first kappa shape index (κ1) is 19.1. The third-order valence-electron chi connectivity index (χ3n) is 3.62. The van der Waals surface area contributed by atoms with E-state index in [2.05, 4.69) is 26.2 Å². The second-order valence-corrected chi connectivity index (χ2v) is 7.09. The number of hydrogen-bond donors (Lipinski definition) is 1. The number of carbonyl (C=O) groups excluding carboxylic acids is 2. The minimum Gasteiger partial charge on any atom is -0.465 e. The number of nitrogens with zero attached hydrogens (tertiary/aromatic N) is 1. The first-order chi connectivity index (χ1) is 13.1. The van der Waals surface area contributed by atoms with E-state index in [1.165, 1.54) is 18.4 Å². The van der Waals surface area contributed by atoms with E-state index in [9.17, 15) is 9.59 Å². The zero-order valence-corrected chi connectivity index (χ0v) is 16.7. The summed E-state index contributed by atoms with van der Waals surface area (Å²) in [6.07, 6.45) is 0.988. The Balaban J connectivity index is 1.79. The van der Waals surface area contributed by atoms with Gasteiger partial charge in [0.2, 0.25) is 0 Å². The van der Waals surface area contributed by atoms with E-state index in [4.69, 9.17) is 9.47 Å². The highest BCUT2D eigenvalue weighted by Gasteiger charge is 2.23. The molecule has 0 fully saturated rings. The van der Waals surface area contributed by atoms with Crippen LogP contribution in [0.25, 0.3) is 10.4 Å². The molecule has 2 heterocycles. The topological polar surface area (TPSA) is 77.5 Å². The van der Waals surface area contributed by atoms with Crippen molar-refractivity contribution in [1.82, 2.24) is 4.98 Å². The first-order valence-corrected chi connectivity index (χ1v) is 9.55. The smallest absolute Gasteiger partial charge is 0.412 e. The van der Waals surface area contributed by atoms with E-state index < -0.39 is 12.1 Å². The van der Waals surface area contributed by atoms with E-state index in [1.807, 2.05) is 36.4 Å². The fraction of sp³-hybridized carbons (Fsp3) is 0.105. The van der Waals surface area contributed by atoms with Gasteiger partial charge in [-0.25, -0.2) is 14.6 Å². The van der Waals surface area contributed by atoms with Gasteiger partial charge in [-0.2, -0.15) is 0 Å². The van der Waals surface area contributed by atoms with E-state index in [-0.39, 0.29) is 12.2 Å². The van der Waals surface area contributed by atoms with E-state index >= 15 is 0 Å². The summed E-state index contributed by atoms with van der Waals surface area (Å²) in [5.74, 6) is -0.549. The molecule has 138 valence electrons. The number of halogens is 1. The molecule has 3 rings (SSSR count). The lowest BCUT2D eigenvalue weighted by Gasteiger charge is -2.09. The van der Waals surface area contributed by atoms with Crippen LogP contribution >= 0.6 is 27.3 Å². The number of carbonyl (C=O) groups is 2. The number of anilines is 1. The summed E-state index contributed by atoms with van der Waals surface area (Å²) in [5.41, 5.74) is 2.22. The zero-order chi connectivity index (χ0) is 19.2. The molecule has 0 saturated heterocycles. The second kappa shape index (κ2) is 8.79. The van der Waals surface area contributed by atoms with Gasteiger partial charge in [-0.1, -0.05) is 30.3 Å². The van der Waals surface area contributed by atoms with Gasteiger partial charge in [-0.3, -0.25) is 5.32 Å². The Morgan fingerprint density at radius 2 is 1.96 bits per heavy atom. The van der Waals surface area contributed by atoms with Crippen molar-refractivity contribution in [3.63, 3.8) is 0 Å². The molecule has 0 unspecified atom stereocenters.